The van der Waals surface area contributed by atoms with E-state index in [1.807, 2.05) is 18.1 Å². The van der Waals surface area contributed by atoms with Crippen LogP contribution >= 0.6 is 0 Å². The predicted molar refractivity (Wildman–Crippen MR) is 97.4 cm³/mol. The van der Waals surface area contributed by atoms with E-state index in [0.717, 1.165) is 31.2 Å². The third kappa shape index (κ3) is 3.49. The number of amides is 1. The molecule has 0 N–H and O–H groups in total. The van der Waals surface area contributed by atoms with E-state index in [4.69, 9.17) is 4.52 Å². The van der Waals surface area contributed by atoms with Crippen LogP contribution in [-0.4, -0.2) is 32.3 Å². The van der Waals surface area contributed by atoms with Crippen LogP contribution in [0.5, 0.6) is 0 Å². The molecule has 7 heteroatoms. The Morgan fingerprint density at radius 1 is 1.26 bits per heavy atom. The standard InChI is InChI=1S/C20H21FN4O2/c1-24-13-14(12-22-24)18-9-3-2-6-10-25(18)20(26)19-11-17(23-27-19)15-7-4-5-8-16(15)21/h4-5,7-8,11-13,18H,2-3,6,9-10H2,1H3. The number of benzene rings is 1. The average molecular weight is 368 g/mol. The van der Waals surface area contributed by atoms with Gasteiger partial charge in [0.05, 0.1) is 12.2 Å². The van der Waals surface area contributed by atoms with E-state index < -0.39 is 5.82 Å². The highest BCUT2D eigenvalue weighted by Gasteiger charge is 2.30. The molecular formula is C20H21FN4O2. The Labute approximate surface area is 156 Å². The van der Waals surface area contributed by atoms with Gasteiger partial charge in [0.2, 0.25) is 5.76 Å². The van der Waals surface area contributed by atoms with Gasteiger partial charge < -0.3 is 9.42 Å². The van der Waals surface area contributed by atoms with Crippen molar-refractivity contribution < 1.29 is 13.7 Å². The number of carbonyl (C=O) groups is 1. The molecule has 0 radical (unpaired) electrons. The van der Waals surface area contributed by atoms with Crippen molar-refractivity contribution in [3.05, 3.63) is 59.9 Å². The SMILES string of the molecule is Cn1cc(C2CCCCCN2C(=O)c2cc(-c3ccccc3F)no2)cn1. The van der Waals surface area contributed by atoms with Gasteiger partial charge in [-0.3, -0.25) is 9.48 Å². The lowest BCUT2D eigenvalue weighted by Crippen LogP contribution is -2.34. The van der Waals surface area contributed by atoms with Crippen LogP contribution in [0.1, 0.15) is 47.8 Å². The molecule has 1 aromatic carbocycles. The van der Waals surface area contributed by atoms with E-state index in [1.54, 1.807) is 29.1 Å². The monoisotopic (exact) mass is 368 g/mol. The van der Waals surface area contributed by atoms with Crippen LogP contribution < -0.4 is 0 Å². The van der Waals surface area contributed by atoms with E-state index in [9.17, 15) is 9.18 Å². The van der Waals surface area contributed by atoms with E-state index in [1.165, 1.54) is 12.1 Å². The Bertz CT molecular complexity index is 949. The summed E-state index contributed by atoms with van der Waals surface area (Å²) < 4.78 is 21.0. The van der Waals surface area contributed by atoms with Gasteiger partial charge in [-0.1, -0.05) is 30.1 Å². The van der Waals surface area contributed by atoms with Crippen molar-refractivity contribution in [3.63, 3.8) is 0 Å². The molecule has 1 atom stereocenters. The van der Waals surface area contributed by atoms with Gasteiger partial charge in [-0.25, -0.2) is 4.39 Å². The van der Waals surface area contributed by atoms with E-state index >= 15 is 0 Å². The number of carbonyl (C=O) groups excluding carboxylic acids is 1. The first-order chi connectivity index (χ1) is 13.1. The number of hydrogen-bond acceptors (Lipinski definition) is 4. The van der Waals surface area contributed by atoms with Crippen molar-refractivity contribution in [1.29, 1.82) is 0 Å². The molecule has 1 unspecified atom stereocenters. The summed E-state index contributed by atoms with van der Waals surface area (Å²) in [6.07, 6.45) is 7.71. The molecule has 2 aromatic heterocycles. The number of likely N-dealkylation sites (tertiary alicyclic amines) is 1. The average Bonchev–Trinajstić information content (AvgIpc) is 3.25. The van der Waals surface area contributed by atoms with Crippen LogP contribution in [-0.2, 0) is 7.05 Å². The van der Waals surface area contributed by atoms with Crippen LogP contribution in [0.2, 0.25) is 0 Å². The maximum absolute atomic E-state index is 14.0. The number of aromatic nitrogens is 3. The number of hydrogen-bond donors (Lipinski definition) is 0. The normalized spacial score (nSPS) is 17.7. The highest BCUT2D eigenvalue weighted by molar-refractivity contribution is 5.92. The molecule has 6 nitrogen and oxygen atoms in total. The Kier molecular flexibility index (Phi) is 4.75. The number of aryl methyl sites for hydroxylation is 1. The molecule has 0 spiro atoms. The Morgan fingerprint density at radius 3 is 2.89 bits per heavy atom. The molecule has 3 heterocycles. The topological polar surface area (TPSA) is 64.2 Å². The zero-order valence-corrected chi connectivity index (χ0v) is 15.1. The summed E-state index contributed by atoms with van der Waals surface area (Å²) >= 11 is 0. The molecule has 1 saturated heterocycles. The van der Waals surface area contributed by atoms with Crippen molar-refractivity contribution in [2.24, 2.45) is 7.05 Å². The van der Waals surface area contributed by atoms with Gasteiger partial charge in [0.1, 0.15) is 11.5 Å². The summed E-state index contributed by atoms with van der Waals surface area (Å²) in [5.74, 6) is -0.488. The number of rotatable bonds is 3. The lowest BCUT2D eigenvalue weighted by atomic mass is 10.0. The van der Waals surface area contributed by atoms with Gasteiger partial charge in [0.15, 0.2) is 0 Å². The van der Waals surface area contributed by atoms with Crippen LogP contribution in [0.3, 0.4) is 0 Å². The van der Waals surface area contributed by atoms with Gasteiger partial charge in [0.25, 0.3) is 5.91 Å². The minimum absolute atomic E-state index is 0.0456. The van der Waals surface area contributed by atoms with Crippen LogP contribution in [0, 0.1) is 5.82 Å². The number of halogens is 1. The summed E-state index contributed by atoms with van der Waals surface area (Å²) in [6.45, 7) is 0.647. The lowest BCUT2D eigenvalue weighted by Gasteiger charge is -2.28. The molecule has 1 aliphatic rings. The fourth-order valence-electron chi connectivity index (χ4n) is 3.62. The molecule has 0 aliphatic carbocycles. The fourth-order valence-corrected chi connectivity index (χ4v) is 3.62. The zero-order chi connectivity index (χ0) is 18.8. The van der Waals surface area contributed by atoms with E-state index in [-0.39, 0.29) is 17.7 Å². The first kappa shape index (κ1) is 17.5. The Hall–Kier alpha value is -2.96. The molecule has 140 valence electrons. The van der Waals surface area contributed by atoms with Gasteiger partial charge in [-0.05, 0) is 25.0 Å². The quantitative estimate of drug-likeness (QED) is 0.702. The van der Waals surface area contributed by atoms with Crippen molar-refractivity contribution in [2.45, 2.75) is 31.7 Å². The van der Waals surface area contributed by atoms with Crippen molar-refractivity contribution in [3.8, 4) is 11.3 Å². The van der Waals surface area contributed by atoms with Gasteiger partial charge in [0, 0.05) is 37.0 Å². The third-order valence-electron chi connectivity index (χ3n) is 4.99. The highest BCUT2D eigenvalue weighted by atomic mass is 19.1. The first-order valence-electron chi connectivity index (χ1n) is 9.14. The molecule has 1 aliphatic heterocycles. The maximum Gasteiger partial charge on any atom is 0.292 e. The smallest absolute Gasteiger partial charge is 0.292 e. The molecule has 4 rings (SSSR count). The summed E-state index contributed by atoms with van der Waals surface area (Å²) in [4.78, 5) is 15.0. The molecule has 1 fully saturated rings. The third-order valence-corrected chi connectivity index (χ3v) is 4.99. The maximum atomic E-state index is 14.0. The van der Waals surface area contributed by atoms with Crippen LogP contribution in [0.25, 0.3) is 11.3 Å². The second-order valence-electron chi connectivity index (χ2n) is 6.87. The molecule has 27 heavy (non-hydrogen) atoms. The van der Waals surface area contributed by atoms with Gasteiger partial charge >= 0.3 is 0 Å². The van der Waals surface area contributed by atoms with Crippen molar-refractivity contribution in [1.82, 2.24) is 19.8 Å². The summed E-state index contributed by atoms with van der Waals surface area (Å²) in [5, 5.41) is 8.15. The fraction of sp³-hybridized carbons (Fsp3) is 0.350. The molecule has 3 aromatic rings. The van der Waals surface area contributed by atoms with Crippen LogP contribution in [0.4, 0.5) is 4.39 Å². The summed E-state index contributed by atoms with van der Waals surface area (Å²) in [6, 6.07) is 7.79. The van der Waals surface area contributed by atoms with E-state index in [2.05, 4.69) is 10.3 Å². The Balaban J connectivity index is 1.63. The van der Waals surface area contributed by atoms with Gasteiger partial charge in [-0.2, -0.15) is 5.10 Å². The zero-order valence-electron chi connectivity index (χ0n) is 15.1. The molecule has 0 bridgehead atoms. The lowest BCUT2D eigenvalue weighted by molar-refractivity contribution is 0.0638. The van der Waals surface area contributed by atoms with Crippen molar-refractivity contribution >= 4 is 5.91 Å². The summed E-state index contributed by atoms with van der Waals surface area (Å²) in [7, 11) is 1.86. The molecular weight excluding hydrogens is 347 g/mol. The largest absolute Gasteiger partial charge is 0.350 e. The minimum Gasteiger partial charge on any atom is -0.350 e. The predicted octanol–water partition coefficient (Wildman–Crippen LogP) is 3.97. The molecule has 0 saturated carbocycles. The second kappa shape index (κ2) is 7.34. The van der Waals surface area contributed by atoms with Crippen molar-refractivity contribution in [2.75, 3.05) is 6.54 Å². The highest BCUT2D eigenvalue weighted by Crippen LogP contribution is 2.32. The van der Waals surface area contributed by atoms with E-state index in [0.29, 0.717) is 17.8 Å². The molecule has 1 amide bonds. The second-order valence-corrected chi connectivity index (χ2v) is 6.87. The van der Waals surface area contributed by atoms with Crippen LogP contribution in [0.15, 0.2) is 47.2 Å². The van der Waals surface area contributed by atoms with Gasteiger partial charge in [-0.15, -0.1) is 0 Å². The summed E-state index contributed by atoms with van der Waals surface area (Å²) in [5.41, 5.74) is 1.66. The minimum atomic E-state index is -0.396. The number of nitrogens with zero attached hydrogens (tertiary/aromatic N) is 4. The first-order valence-corrected chi connectivity index (χ1v) is 9.14. The Morgan fingerprint density at radius 2 is 2.11 bits per heavy atom.